The Labute approximate surface area is 117 Å². The van der Waals surface area contributed by atoms with Crippen molar-refractivity contribution < 1.29 is 9.47 Å². The van der Waals surface area contributed by atoms with E-state index in [2.05, 4.69) is 19.1 Å². The standard InChI is InChI=1S/C16H15ClO2/c1-11-4-2-3-5-12(11)8-14(17)13-6-7-15-16(9-13)19-10-18-15/h2-7,9,14H,8,10H2,1H3. The van der Waals surface area contributed by atoms with E-state index >= 15 is 0 Å². The van der Waals surface area contributed by atoms with Gasteiger partial charge in [0.1, 0.15) is 0 Å². The van der Waals surface area contributed by atoms with E-state index in [9.17, 15) is 0 Å². The first-order valence-corrected chi connectivity index (χ1v) is 6.76. The third-order valence-corrected chi connectivity index (χ3v) is 3.82. The van der Waals surface area contributed by atoms with Crippen LogP contribution < -0.4 is 9.47 Å². The number of benzene rings is 2. The molecule has 0 saturated heterocycles. The molecule has 0 bridgehead atoms. The highest BCUT2D eigenvalue weighted by atomic mass is 35.5. The summed E-state index contributed by atoms with van der Waals surface area (Å²) < 4.78 is 10.7. The summed E-state index contributed by atoms with van der Waals surface area (Å²) in [4.78, 5) is 0. The lowest BCUT2D eigenvalue weighted by molar-refractivity contribution is 0.174. The van der Waals surface area contributed by atoms with E-state index in [1.807, 2.05) is 30.3 Å². The van der Waals surface area contributed by atoms with Crippen molar-refractivity contribution in [2.24, 2.45) is 0 Å². The summed E-state index contributed by atoms with van der Waals surface area (Å²) in [5, 5.41) is -0.0596. The van der Waals surface area contributed by atoms with Crippen molar-refractivity contribution in [3.63, 3.8) is 0 Å². The van der Waals surface area contributed by atoms with Crippen molar-refractivity contribution in [2.75, 3.05) is 6.79 Å². The van der Waals surface area contributed by atoms with Crippen LogP contribution in [0.15, 0.2) is 42.5 Å². The third kappa shape index (κ3) is 2.54. The second kappa shape index (κ2) is 5.14. The van der Waals surface area contributed by atoms with Crippen LogP contribution in [0.5, 0.6) is 11.5 Å². The van der Waals surface area contributed by atoms with Gasteiger partial charge in [-0.25, -0.2) is 0 Å². The molecule has 2 aromatic carbocycles. The molecule has 19 heavy (non-hydrogen) atoms. The number of ether oxygens (including phenoxy) is 2. The van der Waals surface area contributed by atoms with Crippen LogP contribution in [0.4, 0.5) is 0 Å². The van der Waals surface area contributed by atoms with Gasteiger partial charge in [-0.2, -0.15) is 0 Å². The number of hydrogen-bond donors (Lipinski definition) is 0. The van der Waals surface area contributed by atoms with Crippen LogP contribution in [0.25, 0.3) is 0 Å². The Kier molecular flexibility index (Phi) is 3.34. The van der Waals surface area contributed by atoms with Gasteiger partial charge in [-0.1, -0.05) is 30.3 Å². The van der Waals surface area contributed by atoms with Crippen molar-refractivity contribution in [1.82, 2.24) is 0 Å². The summed E-state index contributed by atoms with van der Waals surface area (Å²) in [5.41, 5.74) is 3.61. The molecule has 2 aromatic rings. The van der Waals surface area contributed by atoms with Gasteiger partial charge < -0.3 is 9.47 Å². The first-order valence-electron chi connectivity index (χ1n) is 6.32. The molecular formula is C16H15ClO2. The topological polar surface area (TPSA) is 18.5 Å². The van der Waals surface area contributed by atoms with E-state index < -0.39 is 0 Å². The molecule has 0 radical (unpaired) electrons. The van der Waals surface area contributed by atoms with Crippen LogP contribution in [0.1, 0.15) is 22.1 Å². The van der Waals surface area contributed by atoms with Gasteiger partial charge in [0, 0.05) is 0 Å². The molecule has 98 valence electrons. The van der Waals surface area contributed by atoms with Crippen LogP contribution in [-0.4, -0.2) is 6.79 Å². The van der Waals surface area contributed by atoms with Crippen molar-refractivity contribution in [3.8, 4) is 11.5 Å². The molecule has 3 rings (SSSR count). The van der Waals surface area contributed by atoms with Crippen LogP contribution in [0.3, 0.4) is 0 Å². The van der Waals surface area contributed by atoms with E-state index in [1.54, 1.807) is 0 Å². The first-order chi connectivity index (χ1) is 9.24. The van der Waals surface area contributed by atoms with Gasteiger partial charge >= 0.3 is 0 Å². The molecule has 2 nitrogen and oxygen atoms in total. The number of fused-ring (bicyclic) bond motifs is 1. The normalized spacial score (nSPS) is 14.4. The summed E-state index contributed by atoms with van der Waals surface area (Å²) in [6, 6.07) is 14.2. The number of hydrogen-bond acceptors (Lipinski definition) is 2. The summed E-state index contributed by atoms with van der Waals surface area (Å²) >= 11 is 6.52. The molecule has 0 amide bonds. The molecule has 1 unspecified atom stereocenters. The van der Waals surface area contributed by atoms with Crippen molar-refractivity contribution in [3.05, 3.63) is 59.2 Å². The fraction of sp³-hybridized carbons (Fsp3) is 0.250. The predicted molar refractivity (Wildman–Crippen MR) is 76.0 cm³/mol. The lowest BCUT2D eigenvalue weighted by Gasteiger charge is -2.12. The Bertz CT molecular complexity index is 595. The minimum absolute atomic E-state index is 0.0596. The lowest BCUT2D eigenvalue weighted by Crippen LogP contribution is -1.98. The highest BCUT2D eigenvalue weighted by molar-refractivity contribution is 6.21. The van der Waals surface area contributed by atoms with Gasteiger partial charge in [-0.15, -0.1) is 11.6 Å². The van der Waals surface area contributed by atoms with Gasteiger partial charge in [0.05, 0.1) is 5.38 Å². The molecule has 0 aromatic heterocycles. The summed E-state index contributed by atoms with van der Waals surface area (Å²) in [6.07, 6.45) is 0.813. The van der Waals surface area contributed by atoms with E-state index in [0.717, 1.165) is 23.5 Å². The molecule has 1 heterocycles. The Balaban J connectivity index is 1.81. The minimum atomic E-state index is -0.0596. The van der Waals surface area contributed by atoms with Crippen LogP contribution >= 0.6 is 11.6 Å². The van der Waals surface area contributed by atoms with Gasteiger partial charge in [0.2, 0.25) is 6.79 Å². The zero-order chi connectivity index (χ0) is 13.2. The molecule has 0 N–H and O–H groups in total. The number of halogens is 1. The molecule has 1 atom stereocenters. The zero-order valence-electron chi connectivity index (χ0n) is 10.7. The second-order valence-corrected chi connectivity index (χ2v) is 5.24. The molecule has 0 saturated carbocycles. The third-order valence-electron chi connectivity index (χ3n) is 3.42. The minimum Gasteiger partial charge on any atom is -0.454 e. The van der Waals surface area contributed by atoms with Crippen LogP contribution in [-0.2, 0) is 6.42 Å². The highest BCUT2D eigenvalue weighted by Crippen LogP contribution is 2.36. The average Bonchev–Trinajstić information content (AvgIpc) is 2.88. The maximum atomic E-state index is 6.52. The smallest absolute Gasteiger partial charge is 0.231 e. The van der Waals surface area contributed by atoms with E-state index in [4.69, 9.17) is 21.1 Å². The van der Waals surface area contributed by atoms with Crippen LogP contribution in [0.2, 0.25) is 0 Å². The molecular weight excluding hydrogens is 260 g/mol. The monoisotopic (exact) mass is 274 g/mol. The number of rotatable bonds is 3. The maximum absolute atomic E-state index is 6.52. The molecule has 1 aliphatic rings. The Morgan fingerprint density at radius 1 is 1.11 bits per heavy atom. The zero-order valence-corrected chi connectivity index (χ0v) is 11.5. The van der Waals surface area contributed by atoms with Gasteiger partial charge in [-0.05, 0) is 42.2 Å². The van der Waals surface area contributed by atoms with Gasteiger partial charge in [0.25, 0.3) is 0 Å². The molecule has 0 spiro atoms. The molecule has 1 aliphatic heterocycles. The quantitative estimate of drug-likeness (QED) is 0.779. The Hall–Kier alpha value is -1.67. The average molecular weight is 275 g/mol. The van der Waals surface area contributed by atoms with Crippen LogP contribution in [0, 0.1) is 6.92 Å². The summed E-state index contributed by atoms with van der Waals surface area (Å²) in [7, 11) is 0. The second-order valence-electron chi connectivity index (χ2n) is 4.71. The Morgan fingerprint density at radius 3 is 2.74 bits per heavy atom. The molecule has 3 heteroatoms. The lowest BCUT2D eigenvalue weighted by atomic mass is 10.00. The number of aryl methyl sites for hydroxylation is 1. The van der Waals surface area contributed by atoms with E-state index in [-0.39, 0.29) is 5.38 Å². The van der Waals surface area contributed by atoms with Crippen molar-refractivity contribution in [1.29, 1.82) is 0 Å². The van der Waals surface area contributed by atoms with E-state index in [1.165, 1.54) is 11.1 Å². The fourth-order valence-corrected chi connectivity index (χ4v) is 2.56. The molecule has 0 aliphatic carbocycles. The van der Waals surface area contributed by atoms with Crippen molar-refractivity contribution in [2.45, 2.75) is 18.7 Å². The predicted octanol–water partition coefficient (Wildman–Crippen LogP) is 4.25. The Morgan fingerprint density at radius 2 is 1.89 bits per heavy atom. The van der Waals surface area contributed by atoms with E-state index in [0.29, 0.717) is 6.79 Å². The molecule has 0 fully saturated rings. The summed E-state index contributed by atoms with van der Waals surface area (Å²) in [5.74, 6) is 1.58. The largest absolute Gasteiger partial charge is 0.454 e. The van der Waals surface area contributed by atoms with Crippen molar-refractivity contribution >= 4 is 11.6 Å². The number of alkyl halides is 1. The fourth-order valence-electron chi connectivity index (χ4n) is 2.26. The first kappa shape index (κ1) is 12.4. The summed E-state index contributed by atoms with van der Waals surface area (Å²) in [6.45, 7) is 2.40. The highest BCUT2D eigenvalue weighted by Gasteiger charge is 2.17. The SMILES string of the molecule is Cc1ccccc1CC(Cl)c1ccc2c(c1)OCO2. The van der Waals surface area contributed by atoms with Gasteiger partial charge in [-0.3, -0.25) is 0 Å². The van der Waals surface area contributed by atoms with Gasteiger partial charge in [0.15, 0.2) is 11.5 Å². The maximum Gasteiger partial charge on any atom is 0.231 e.